The van der Waals surface area contributed by atoms with Gasteiger partial charge in [0.25, 0.3) is 5.92 Å². The van der Waals surface area contributed by atoms with Crippen molar-refractivity contribution in [3.05, 3.63) is 57.5 Å². The Morgan fingerprint density at radius 3 is 2.82 bits per heavy atom. The molecule has 0 N–H and O–H groups in total. The van der Waals surface area contributed by atoms with E-state index in [0.717, 1.165) is 11.3 Å². The summed E-state index contributed by atoms with van der Waals surface area (Å²) in [6, 6.07) is 6.37. The van der Waals surface area contributed by atoms with E-state index >= 15 is 0 Å². The summed E-state index contributed by atoms with van der Waals surface area (Å²) in [6.07, 6.45) is 4.51. The summed E-state index contributed by atoms with van der Waals surface area (Å²) in [7, 11) is 0. The number of likely N-dealkylation sites (tertiary alicyclic amines) is 1. The van der Waals surface area contributed by atoms with Crippen LogP contribution in [0.4, 0.5) is 13.2 Å². The van der Waals surface area contributed by atoms with Crippen molar-refractivity contribution in [2.24, 2.45) is 5.92 Å². The molecule has 5 nitrogen and oxygen atoms in total. The van der Waals surface area contributed by atoms with E-state index in [4.69, 9.17) is 16.3 Å². The number of nitriles is 1. The Morgan fingerprint density at radius 1 is 1.33 bits per heavy atom. The van der Waals surface area contributed by atoms with Crippen molar-refractivity contribution in [2.75, 3.05) is 19.7 Å². The molecule has 0 aliphatic carbocycles. The first-order chi connectivity index (χ1) is 15.7. The number of rotatable bonds is 3. The molecular formula is C23H22ClF3N4OS. The Kier molecular flexibility index (Phi) is 5.76. The van der Waals surface area contributed by atoms with E-state index in [9.17, 15) is 18.4 Å². The summed E-state index contributed by atoms with van der Waals surface area (Å²) in [5, 5.41) is 13.4. The monoisotopic (exact) mass is 494 g/mol. The number of piperidine rings is 1. The second kappa shape index (κ2) is 8.35. The normalized spacial score (nSPS) is 26.1. The maximum atomic E-state index is 14.4. The molecule has 1 spiro atoms. The predicted molar refractivity (Wildman–Crippen MR) is 120 cm³/mol. The summed E-state index contributed by atoms with van der Waals surface area (Å²) < 4.78 is 50.9. The second-order valence-electron chi connectivity index (χ2n) is 8.86. The van der Waals surface area contributed by atoms with Gasteiger partial charge in [-0.15, -0.1) is 11.8 Å². The summed E-state index contributed by atoms with van der Waals surface area (Å²) in [6.45, 7) is 3.23. The fourth-order valence-electron chi connectivity index (χ4n) is 5.02. The second-order valence-corrected chi connectivity index (χ2v) is 10.7. The standard InChI is InChI=1S/C23H22ClF3N4OS/c1-14-16(12-31(29-14)20-15(10-28)3-2-4-18(20)25)11-30-7-5-22(6-8-30)21-17(9-19(24)33-21)23(26,27)13-32-22/h2-4,9,12,17,21H,5-8,11,13H2,1H3. The van der Waals surface area contributed by atoms with Crippen LogP contribution in [-0.2, 0) is 11.3 Å². The summed E-state index contributed by atoms with van der Waals surface area (Å²) in [5.74, 6) is -4.31. The third kappa shape index (κ3) is 3.97. The van der Waals surface area contributed by atoms with E-state index < -0.39 is 29.9 Å². The molecule has 3 aliphatic heterocycles. The highest BCUT2D eigenvalue weighted by molar-refractivity contribution is 8.05. The van der Waals surface area contributed by atoms with Crippen molar-refractivity contribution in [1.29, 1.82) is 5.26 Å². The van der Waals surface area contributed by atoms with Crippen molar-refractivity contribution >= 4 is 23.4 Å². The van der Waals surface area contributed by atoms with Crippen LogP contribution in [0.5, 0.6) is 0 Å². The molecule has 4 heterocycles. The zero-order valence-corrected chi connectivity index (χ0v) is 19.5. The molecule has 0 amide bonds. The number of aromatic nitrogens is 2. The van der Waals surface area contributed by atoms with Crippen LogP contribution in [0.15, 0.2) is 34.8 Å². The number of ether oxygens (including phenoxy) is 1. The number of hydrogen-bond acceptors (Lipinski definition) is 5. The topological polar surface area (TPSA) is 54.1 Å². The van der Waals surface area contributed by atoms with E-state index in [2.05, 4.69) is 10.00 Å². The van der Waals surface area contributed by atoms with Crippen molar-refractivity contribution < 1.29 is 17.9 Å². The molecule has 0 saturated carbocycles. The van der Waals surface area contributed by atoms with E-state index in [-0.39, 0.29) is 16.5 Å². The number of fused-ring (bicyclic) bond motifs is 2. The Bertz CT molecular complexity index is 1150. The molecule has 174 valence electrons. The number of hydrogen-bond donors (Lipinski definition) is 0. The number of aryl methyl sites for hydroxylation is 1. The highest BCUT2D eigenvalue weighted by Crippen LogP contribution is 2.56. The van der Waals surface area contributed by atoms with Gasteiger partial charge < -0.3 is 4.74 Å². The average molecular weight is 495 g/mol. The van der Waals surface area contributed by atoms with Crippen LogP contribution in [0.3, 0.4) is 0 Å². The molecule has 10 heteroatoms. The number of benzene rings is 1. The van der Waals surface area contributed by atoms with Crippen molar-refractivity contribution in [3.8, 4) is 11.8 Å². The molecular weight excluding hydrogens is 473 g/mol. The lowest BCUT2D eigenvalue weighted by Crippen LogP contribution is -2.61. The number of para-hydroxylation sites is 1. The van der Waals surface area contributed by atoms with Crippen LogP contribution in [-0.4, -0.2) is 51.2 Å². The number of allylic oxidation sites excluding steroid dienone is 1. The molecule has 2 fully saturated rings. The van der Waals surface area contributed by atoms with Gasteiger partial charge in [0, 0.05) is 31.4 Å². The lowest BCUT2D eigenvalue weighted by atomic mass is 9.77. The van der Waals surface area contributed by atoms with Gasteiger partial charge in [-0.05, 0) is 38.0 Å². The number of alkyl halides is 2. The summed E-state index contributed by atoms with van der Waals surface area (Å²) >= 11 is 7.42. The van der Waals surface area contributed by atoms with Gasteiger partial charge in [0.1, 0.15) is 24.2 Å². The van der Waals surface area contributed by atoms with Gasteiger partial charge in [-0.25, -0.2) is 17.9 Å². The van der Waals surface area contributed by atoms with E-state index in [1.165, 1.54) is 34.7 Å². The smallest absolute Gasteiger partial charge is 0.278 e. The van der Waals surface area contributed by atoms with Crippen molar-refractivity contribution in [3.63, 3.8) is 0 Å². The van der Waals surface area contributed by atoms with Gasteiger partial charge in [0.15, 0.2) is 0 Å². The van der Waals surface area contributed by atoms with Gasteiger partial charge in [0.05, 0.1) is 32.4 Å². The zero-order valence-electron chi connectivity index (χ0n) is 17.9. The molecule has 2 saturated heterocycles. The maximum absolute atomic E-state index is 14.4. The quantitative estimate of drug-likeness (QED) is 0.601. The van der Waals surface area contributed by atoms with Crippen LogP contribution in [0.25, 0.3) is 5.69 Å². The molecule has 3 aliphatic rings. The summed E-state index contributed by atoms with van der Waals surface area (Å²) in [5.41, 5.74) is 1.41. The molecule has 2 aromatic rings. The largest absolute Gasteiger partial charge is 0.367 e. The minimum absolute atomic E-state index is 0.136. The van der Waals surface area contributed by atoms with Crippen molar-refractivity contribution in [1.82, 2.24) is 14.7 Å². The third-order valence-corrected chi connectivity index (χ3v) is 8.60. The van der Waals surface area contributed by atoms with Crippen LogP contribution in [0.1, 0.15) is 29.7 Å². The van der Waals surface area contributed by atoms with Crippen LogP contribution in [0.2, 0.25) is 0 Å². The van der Waals surface area contributed by atoms with E-state index in [1.54, 1.807) is 12.3 Å². The molecule has 2 atom stereocenters. The van der Waals surface area contributed by atoms with Crippen molar-refractivity contribution in [2.45, 2.75) is 43.1 Å². The molecule has 1 aromatic heterocycles. The van der Waals surface area contributed by atoms with E-state index in [1.807, 2.05) is 13.0 Å². The summed E-state index contributed by atoms with van der Waals surface area (Å²) in [4.78, 5) is 2.23. The third-order valence-electron chi connectivity index (χ3n) is 6.87. The Morgan fingerprint density at radius 2 is 2.09 bits per heavy atom. The predicted octanol–water partition coefficient (Wildman–Crippen LogP) is 5.00. The fraction of sp³-hybridized carbons (Fsp3) is 0.478. The molecule has 33 heavy (non-hydrogen) atoms. The van der Waals surface area contributed by atoms with Crippen LogP contribution < -0.4 is 0 Å². The fourth-order valence-corrected chi connectivity index (χ4v) is 6.86. The lowest BCUT2D eigenvalue weighted by Gasteiger charge is -2.51. The minimum Gasteiger partial charge on any atom is -0.367 e. The lowest BCUT2D eigenvalue weighted by molar-refractivity contribution is -0.215. The van der Waals surface area contributed by atoms with E-state index in [0.29, 0.717) is 36.8 Å². The number of nitrogens with zero attached hydrogens (tertiary/aromatic N) is 4. The zero-order chi connectivity index (χ0) is 23.4. The number of thioether (sulfide) groups is 1. The van der Waals surface area contributed by atoms with Gasteiger partial charge in [-0.1, -0.05) is 17.7 Å². The molecule has 2 unspecified atom stereocenters. The van der Waals surface area contributed by atoms with Gasteiger partial charge in [-0.2, -0.15) is 10.4 Å². The number of halogens is 4. The first-order valence-corrected chi connectivity index (χ1v) is 12.0. The van der Waals surface area contributed by atoms with Gasteiger partial charge in [0.2, 0.25) is 0 Å². The SMILES string of the molecule is Cc1nn(-c2c(F)cccc2C#N)cc1CN1CCC2(CC1)OCC(F)(F)C1C=C(Cl)SC12. The highest BCUT2D eigenvalue weighted by atomic mass is 35.5. The molecule has 0 radical (unpaired) electrons. The first-order valence-electron chi connectivity index (χ1n) is 10.7. The van der Waals surface area contributed by atoms with Gasteiger partial charge >= 0.3 is 0 Å². The highest BCUT2D eigenvalue weighted by Gasteiger charge is 2.60. The Balaban J connectivity index is 1.30. The Labute approximate surface area is 199 Å². The average Bonchev–Trinajstić information content (AvgIpc) is 3.36. The van der Waals surface area contributed by atoms with Gasteiger partial charge in [-0.3, -0.25) is 4.90 Å². The van der Waals surface area contributed by atoms with Crippen LogP contribution in [0, 0.1) is 30.0 Å². The molecule has 0 bridgehead atoms. The minimum atomic E-state index is -2.91. The molecule has 1 aromatic carbocycles. The molecule has 5 rings (SSSR count). The van der Waals surface area contributed by atoms with Crippen LogP contribution >= 0.6 is 23.4 Å². The Hall–Kier alpha value is -1.99. The maximum Gasteiger partial charge on any atom is 0.278 e. The first kappa shape index (κ1) is 22.8.